The molecule has 2 heteroatoms. The Balaban J connectivity index is 1.80. The molecule has 112 valence electrons. The monoisotopic (exact) mass is 276 g/mol. The average Bonchev–Trinajstić information content (AvgIpc) is 2.46. The zero-order valence-corrected chi connectivity index (χ0v) is 12.8. The van der Waals surface area contributed by atoms with Crippen molar-refractivity contribution in [3.63, 3.8) is 0 Å². The molecule has 2 rings (SSSR count). The van der Waals surface area contributed by atoms with Crippen molar-refractivity contribution >= 4 is 0 Å². The molecular weight excluding hydrogens is 248 g/mol. The van der Waals surface area contributed by atoms with Gasteiger partial charge < -0.3 is 9.84 Å². The van der Waals surface area contributed by atoms with Crippen LogP contribution in [0, 0.1) is 5.92 Å². The van der Waals surface area contributed by atoms with Crippen molar-refractivity contribution in [3.8, 4) is 0 Å². The van der Waals surface area contributed by atoms with E-state index in [0.29, 0.717) is 12.0 Å². The first-order chi connectivity index (χ1) is 9.65. The number of rotatable bonds is 6. The molecule has 1 aliphatic rings. The minimum atomic E-state index is -0.353. The van der Waals surface area contributed by atoms with Gasteiger partial charge in [-0.25, -0.2) is 0 Å². The number of aliphatic hydroxyl groups is 1. The van der Waals surface area contributed by atoms with E-state index < -0.39 is 0 Å². The van der Waals surface area contributed by atoms with Gasteiger partial charge in [0.25, 0.3) is 0 Å². The van der Waals surface area contributed by atoms with Crippen LogP contribution in [0.25, 0.3) is 0 Å². The third-order valence-electron chi connectivity index (χ3n) is 4.04. The lowest BCUT2D eigenvalue weighted by atomic mass is 9.97. The molecule has 0 radical (unpaired) electrons. The maximum atomic E-state index is 10.3. The van der Waals surface area contributed by atoms with Crippen molar-refractivity contribution in [1.29, 1.82) is 0 Å². The molecular formula is C18H28O2. The van der Waals surface area contributed by atoms with Gasteiger partial charge in [-0.2, -0.15) is 0 Å². The topological polar surface area (TPSA) is 29.5 Å². The first kappa shape index (κ1) is 15.5. The summed E-state index contributed by atoms with van der Waals surface area (Å²) in [7, 11) is 0. The van der Waals surface area contributed by atoms with E-state index in [-0.39, 0.29) is 6.10 Å². The molecule has 1 N–H and O–H groups in total. The van der Waals surface area contributed by atoms with Crippen molar-refractivity contribution in [1.82, 2.24) is 0 Å². The number of benzene rings is 1. The van der Waals surface area contributed by atoms with Crippen LogP contribution in [0.2, 0.25) is 0 Å². The van der Waals surface area contributed by atoms with Crippen LogP contribution in [0.3, 0.4) is 0 Å². The quantitative estimate of drug-likeness (QED) is 0.841. The molecule has 2 unspecified atom stereocenters. The fourth-order valence-corrected chi connectivity index (χ4v) is 2.89. The van der Waals surface area contributed by atoms with E-state index in [4.69, 9.17) is 4.74 Å². The normalized spacial score (nSPS) is 21.1. The third kappa shape index (κ3) is 4.92. The number of ether oxygens (including phenoxy) is 1. The summed E-state index contributed by atoms with van der Waals surface area (Å²) in [6.07, 6.45) is 6.49. The molecule has 2 atom stereocenters. The Labute approximate surface area is 123 Å². The number of hydrogen-bond acceptors (Lipinski definition) is 2. The summed E-state index contributed by atoms with van der Waals surface area (Å²) in [4.78, 5) is 0. The summed E-state index contributed by atoms with van der Waals surface area (Å²) in [6.45, 7) is 5.35. The second-order valence-corrected chi connectivity index (χ2v) is 6.42. The minimum Gasteiger partial charge on any atom is -0.388 e. The van der Waals surface area contributed by atoms with Crippen LogP contribution in [0.5, 0.6) is 0 Å². The van der Waals surface area contributed by atoms with Crippen molar-refractivity contribution in [3.05, 3.63) is 35.4 Å². The number of hydrogen-bond donors (Lipinski definition) is 1. The van der Waals surface area contributed by atoms with Crippen LogP contribution < -0.4 is 0 Å². The van der Waals surface area contributed by atoms with Crippen LogP contribution >= 0.6 is 0 Å². The Kier molecular flexibility index (Phi) is 6.06. The first-order valence-electron chi connectivity index (χ1n) is 8.03. The fourth-order valence-electron chi connectivity index (χ4n) is 2.89. The molecule has 0 bridgehead atoms. The van der Waals surface area contributed by atoms with Crippen molar-refractivity contribution in [2.24, 2.45) is 5.92 Å². The standard InChI is InChI=1S/C18H28O2/c1-14(2)13-15-6-8-16(9-7-15)18(19)11-10-17-5-3-4-12-20-17/h6-9,14,17-19H,3-5,10-13H2,1-2H3. The zero-order valence-electron chi connectivity index (χ0n) is 12.8. The summed E-state index contributed by atoms with van der Waals surface area (Å²) >= 11 is 0. The third-order valence-corrected chi connectivity index (χ3v) is 4.04. The Hall–Kier alpha value is -0.860. The molecule has 0 spiro atoms. The van der Waals surface area contributed by atoms with Gasteiger partial charge in [-0.15, -0.1) is 0 Å². The summed E-state index contributed by atoms with van der Waals surface area (Å²) in [6, 6.07) is 8.44. The van der Waals surface area contributed by atoms with Crippen LogP contribution in [0.15, 0.2) is 24.3 Å². The zero-order chi connectivity index (χ0) is 14.4. The second kappa shape index (κ2) is 7.80. The maximum absolute atomic E-state index is 10.3. The van der Waals surface area contributed by atoms with E-state index in [2.05, 4.69) is 38.1 Å². The van der Waals surface area contributed by atoms with Gasteiger partial charge in [-0.05, 0) is 55.6 Å². The smallest absolute Gasteiger partial charge is 0.0791 e. The molecule has 1 aromatic carbocycles. The van der Waals surface area contributed by atoms with Crippen LogP contribution in [-0.4, -0.2) is 17.8 Å². The molecule has 1 fully saturated rings. The summed E-state index contributed by atoms with van der Waals surface area (Å²) in [5.74, 6) is 0.675. The van der Waals surface area contributed by atoms with Gasteiger partial charge in [0.15, 0.2) is 0 Å². The van der Waals surface area contributed by atoms with Gasteiger partial charge in [0, 0.05) is 6.61 Å². The highest BCUT2D eigenvalue weighted by Gasteiger charge is 2.16. The molecule has 20 heavy (non-hydrogen) atoms. The predicted octanol–water partition coefficient (Wildman–Crippen LogP) is 4.27. The van der Waals surface area contributed by atoms with Gasteiger partial charge in [-0.1, -0.05) is 38.1 Å². The SMILES string of the molecule is CC(C)Cc1ccc(C(O)CCC2CCCCO2)cc1. The molecule has 2 nitrogen and oxygen atoms in total. The van der Waals surface area contributed by atoms with Crippen molar-refractivity contribution in [2.45, 2.75) is 64.6 Å². The Bertz CT molecular complexity index is 377. The molecule has 0 aliphatic carbocycles. The Morgan fingerprint density at radius 3 is 2.55 bits per heavy atom. The molecule has 0 saturated carbocycles. The lowest BCUT2D eigenvalue weighted by Crippen LogP contribution is -2.19. The second-order valence-electron chi connectivity index (χ2n) is 6.42. The van der Waals surface area contributed by atoms with E-state index in [9.17, 15) is 5.11 Å². The molecule has 0 aromatic heterocycles. The Morgan fingerprint density at radius 2 is 1.95 bits per heavy atom. The molecule has 1 heterocycles. The Morgan fingerprint density at radius 1 is 1.20 bits per heavy atom. The average molecular weight is 276 g/mol. The van der Waals surface area contributed by atoms with Crippen LogP contribution in [0.1, 0.15) is 63.2 Å². The fraction of sp³-hybridized carbons (Fsp3) is 0.667. The summed E-state index contributed by atoms with van der Waals surface area (Å²) in [5.41, 5.74) is 2.39. The van der Waals surface area contributed by atoms with E-state index in [1.165, 1.54) is 18.4 Å². The van der Waals surface area contributed by atoms with Crippen molar-refractivity contribution in [2.75, 3.05) is 6.61 Å². The van der Waals surface area contributed by atoms with Gasteiger partial charge >= 0.3 is 0 Å². The first-order valence-corrected chi connectivity index (χ1v) is 8.03. The lowest BCUT2D eigenvalue weighted by Gasteiger charge is -2.23. The highest BCUT2D eigenvalue weighted by molar-refractivity contribution is 5.24. The van der Waals surface area contributed by atoms with Gasteiger partial charge in [0.2, 0.25) is 0 Å². The van der Waals surface area contributed by atoms with Gasteiger partial charge in [0.1, 0.15) is 0 Å². The molecule has 1 aromatic rings. The minimum absolute atomic E-state index is 0.353. The summed E-state index contributed by atoms with van der Waals surface area (Å²) < 4.78 is 5.72. The lowest BCUT2D eigenvalue weighted by molar-refractivity contribution is 0.00213. The van der Waals surface area contributed by atoms with Crippen LogP contribution in [0.4, 0.5) is 0 Å². The van der Waals surface area contributed by atoms with E-state index >= 15 is 0 Å². The van der Waals surface area contributed by atoms with Gasteiger partial charge in [-0.3, -0.25) is 0 Å². The molecule has 0 amide bonds. The molecule has 1 aliphatic heterocycles. The predicted molar refractivity (Wildman–Crippen MR) is 82.8 cm³/mol. The van der Waals surface area contributed by atoms with Gasteiger partial charge in [0.05, 0.1) is 12.2 Å². The summed E-state index contributed by atoms with van der Waals surface area (Å²) in [5, 5.41) is 10.3. The maximum Gasteiger partial charge on any atom is 0.0791 e. The van der Waals surface area contributed by atoms with E-state index in [1.54, 1.807) is 0 Å². The molecule has 1 saturated heterocycles. The number of aliphatic hydroxyl groups excluding tert-OH is 1. The van der Waals surface area contributed by atoms with E-state index in [0.717, 1.165) is 37.9 Å². The largest absolute Gasteiger partial charge is 0.388 e. The van der Waals surface area contributed by atoms with Crippen molar-refractivity contribution < 1.29 is 9.84 Å². The van der Waals surface area contributed by atoms with Crippen LogP contribution in [-0.2, 0) is 11.2 Å². The van der Waals surface area contributed by atoms with E-state index in [1.807, 2.05) is 0 Å². The highest BCUT2D eigenvalue weighted by Crippen LogP contribution is 2.24. The highest BCUT2D eigenvalue weighted by atomic mass is 16.5.